The molecule has 0 aromatic rings. The van der Waals surface area contributed by atoms with Gasteiger partial charge in [0.05, 0.1) is 18.5 Å². The standard InChI is InChI=1S/C14H20N4O7/c1-6(16)12(24)18-14(5-19,3-9(21)22)2-8(20)10-11(23)7(4-15)17-13(10)25/h5-7,23H,2-4,15-16H2,1H3,(H,17,25)(H,18,24)(H,21,22). The fourth-order valence-electron chi connectivity index (χ4n) is 2.30. The Bertz CT molecular complexity index is 643. The maximum atomic E-state index is 12.4. The minimum absolute atomic E-state index is 0.101. The zero-order valence-electron chi connectivity index (χ0n) is 13.4. The molecule has 0 aromatic carbocycles. The number of amides is 2. The maximum Gasteiger partial charge on any atom is 0.306 e. The van der Waals surface area contributed by atoms with Gasteiger partial charge in [0.25, 0.3) is 5.91 Å². The highest BCUT2D eigenvalue weighted by Crippen LogP contribution is 2.22. The van der Waals surface area contributed by atoms with Gasteiger partial charge in [0.1, 0.15) is 23.2 Å². The van der Waals surface area contributed by atoms with Gasteiger partial charge in [-0.3, -0.25) is 19.2 Å². The lowest BCUT2D eigenvalue weighted by Gasteiger charge is -2.28. The highest BCUT2D eigenvalue weighted by Gasteiger charge is 2.42. The number of hydrogen-bond donors (Lipinski definition) is 6. The fourth-order valence-corrected chi connectivity index (χ4v) is 2.30. The molecule has 0 aliphatic carbocycles. The molecule has 2 amide bonds. The summed E-state index contributed by atoms with van der Waals surface area (Å²) >= 11 is 0. The van der Waals surface area contributed by atoms with Gasteiger partial charge in [-0.05, 0) is 6.92 Å². The number of nitrogens with two attached hydrogens (primary N) is 2. The van der Waals surface area contributed by atoms with E-state index >= 15 is 0 Å². The van der Waals surface area contributed by atoms with Crippen LogP contribution in [0.2, 0.25) is 0 Å². The molecule has 25 heavy (non-hydrogen) atoms. The molecule has 3 atom stereocenters. The summed E-state index contributed by atoms with van der Waals surface area (Å²) in [6, 6.07) is -2.01. The van der Waals surface area contributed by atoms with E-state index in [1.165, 1.54) is 6.92 Å². The van der Waals surface area contributed by atoms with Crippen LogP contribution >= 0.6 is 0 Å². The second kappa shape index (κ2) is 7.85. The zero-order valence-corrected chi connectivity index (χ0v) is 13.4. The van der Waals surface area contributed by atoms with Crippen molar-refractivity contribution in [3.05, 3.63) is 11.3 Å². The van der Waals surface area contributed by atoms with Crippen molar-refractivity contribution in [2.45, 2.75) is 37.4 Å². The van der Waals surface area contributed by atoms with E-state index in [1.54, 1.807) is 0 Å². The van der Waals surface area contributed by atoms with Crippen molar-refractivity contribution in [3.63, 3.8) is 0 Å². The SMILES string of the molecule is CC(N)C(=O)NC(C=O)(CC(=O)O)CC(=O)C1=C(O)C(CN)NC1=O. The summed E-state index contributed by atoms with van der Waals surface area (Å²) in [5, 5.41) is 23.3. The smallest absolute Gasteiger partial charge is 0.306 e. The molecule has 0 radical (unpaired) electrons. The average molecular weight is 356 g/mol. The molecule has 1 heterocycles. The Balaban J connectivity index is 3.16. The molecular weight excluding hydrogens is 336 g/mol. The summed E-state index contributed by atoms with van der Waals surface area (Å²) in [6.07, 6.45) is -1.65. The zero-order chi connectivity index (χ0) is 19.4. The predicted octanol–water partition coefficient (Wildman–Crippen LogP) is -2.91. The third-order valence-electron chi connectivity index (χ3n) is 3.59. The first kappa shape index (κ1) is 20.3. The Kier molecular flexibility index (Phi) is 6.36. The van der Waals surface area contributed by atoms with Crippen LogP contribution in [0.4, 0.5) is 0 Å². The van der Waals surface area contributed by atoms with Crippen LogP contribution in [-0.2, 0) is 24.0 Å². The Morgan fingerprint density at radius 3 is 2.40 bits per heavy atom. The van der Waals surface area contributed by atoms with E-state index in [0.717, 1.165) is 0 Å². The van der Waals surface area contributed by atoms with Crippen molar-refractivity contribution in [1.82, 2.24) is 10.6 Å². The van der Waals surface area contributed by atoms with Crippen LogP contribution in [0.25, 0.3) is 0 Å². The lowest BCUT2D eigenvalue weighted by atomic mass is 9.87. The number of aliphatic carboxylic acids is 1. The molecule has 0 aromatic heterocycles. The van der Waals surface area contributed by atoms with Crippen molar-refractivity contribution in [2.75, 3.05) is 6.54 Å². The van der Waals surface area contributed by atoms with Gasteiger partial charge in [0.2, 0.25) is 5.91 Å². The molecule has 11 nitrogen and oxygen atoms in total. The minimum atomic E-state index is -2.11. The summed E-state index contributed by atoms with van der Waals surface area (Å²) < 4.78 is 0. The second-order valence-corrected chi connectivity index (χ2v) is 5.74. The topological polar surface area (TPSA) is 202 Å². The average Bonchev–Trinajstić information content (AvgIpc) is 2.80. The molecule has 0 bridgehead atoms. The van der Waals surface area contributed by atoms with E-state index < -0.39 is 65.4 Å². The van der Waals surface area contributed by atoms with Gasteiger partial charge in [-0.1, -0.05) is 0 Å². The van der Waals surface area contributed by atoms with Crippen molar-refractivity contribution in [1.29, 1.82) is 0 Å². The van der Waals surface area contributed by atoms with E-state index in [0.29, 0.717) is 0 Å². The van der Waals surface area contributed by atoms with Gasteiger partial charge in [0, 0.05) is 13.0 Å². The number of aliphatic hydroxyl groups excluding tert-OH is 1. The minimum Gasteiger partial charge on any atom is -0.509 e. The van der Waals surface area contributed by atoms with Crippen molar-refractivity contribution < 1.29 is 34.2 Å². The van der Waals surface area contributed by atoms with E-state index in [2.05, 4.69) is 10.6 Å². The van der Waals surface area contributed by atoms with Gasteiger partial charge >= 0.3 is 5.97 Å². The molecule has 8 N–H and O–H groups in total. The van der Waals surface area contributed by atoms with Crippen molar-refractivity contribution in [3.8, 4) is 0 Å². The number of carboxylic acid groups (broad SMARTS) is 1. The Morgan fingerprint density at radius 1 is 1.40 bits per heavy atom. The lowest BCUT2D eigenvalue weighted by Crippen LogP contribution is -2.56. The lowest BCUT2D eigenvalue weighted by molar-refractivity contribution is -0.141. The summed E-state index contributed by atoms with van der Waals surface area (Å²) in [7, 11) is 0. The molecule has 1 aliphatic rings. The van der Waals surface area contributed by atoms with Gasteiger partial charge in [0.15, 0.2) is 5.78 Å². The quantitative estimate of drug-likeness (QED) is 0.185. The van der Waals surface area contributed by atoms with Gasteiger partial charge in [-0.15, -0.1) is 0 Å². The number of ketones is 1. The Morgan fingerprint density at radius 2 is 2.00 bits per heavy atom. The fraction of sp³-hybridized carbons (Fsp3) is 0.500. The molecule has 11 heteroatoms. The van der Waals surface area contributed by atoms with Gasteiger partial charge < -0.3 is 37.1 Å². The number of rotatable bonds is 9. The summed E-state index contributed by atoms with van der Waals surface area (Å²) in [6.45, 7) is 1.14. The van der Waals surface area contributed by atoms with E-state index in [4.69, 9.17) is 16.6 Å². The molecule has 0 fully saturated rings. The Labute approximate surface area is 142 Å². The summed E-state index contributed by atoms with van der Waals surface area (Å²) in [5.41, 5.74) is 7.98. The number of aldehydes is 1. The predicted molar refractivity (Wildman–Crippen MR) is 83.1 cm³/mol. The van der Waals surface area contributed by atoms with Crippen LogP contribution in [-0.4, -0.2) is 64.2 Å². The number of hydrogen-bond acceptors (Lipinski definition) is 8. The van der Waals surface area contributed by atoms with Crippen molar-refractivity contribution >= 4 is 29.9 Å². The molecule has 1 aliphatic heterocycles. The van der Waals surface area contributed by atoms with Crippen LogP contribution in [0.3, 0.4) is 0 Å². The molecule has 3 unspecified atom stereocenters. The van der Waals surface area contributed by atoms with E-state index in [1.807, 2.05) is 0 Å². The maximum absolute atomic E-state index is 12.4. The third-order valence-corrected chi connectivity index (χ3v) is 3.59. The Hall–Kier alpha value is -2.79. The molecule has 1 rings (SSSR count). The monoisotopic (exact) mass is 356 g/mol. The van der Waals surface area contributed by atoms with Crippen LogP contribution in [0.15, 0.2) is 11.3 Å². The van der Waals surface area contributed by atoms with E-state index in [-0.39, 0.29) is 12.8 Å². The number of carbonyl (C=O) groups is 5. The first-order chi connectivity index (χ1) is 11.6. The summed E-state index contributed by atoms with van der Waals surface area (Å²) in [5.74, 6) is -4.81. The second-order valence-electron chi connectivity index (χ2n) is 5.74. The molecule has 138 valence electrons. The summed E-state index contributed by atoms with van der Waals surface area (Å²) in [4.78, 5) is 58.5. The molecule has 0 spiro atoms. The first-order valence-electron chi connectivity index (χ1n) is 7.30. The van der Waals surface area contributed by atoms with Gasteiger partial charge in [-0.2, -0.15) is 0 Å². The number of Topliss-reactive ketones (excluding diaryl/α,β-unsaturated/α-hetero) is 1. The largest absolute Gasteiger partial charge is 0.509 e. The number of nitrogens with one attached hydrogen (secondary N) is 2. The first-order valence-corrected chi connectivity index (χ1v) is 7.30. The molecular formula is C14H20N4O7. The number of aliphatic hydroxyl groups is 1. The normalized spacial score (nSPS) is 20.4. The van der Waals surface area contributed by atoms with Crippen LogP contribution in [0.5, 0.6) is 0 Å². The number of carbonyl (C=O) groups excluding carboxylic acids is 4. The highest BCUT2D eigenvalue weighted by atomic mass is 16.4. The van der Waals surface area contributed by atoms with E-state index in [9.17, 15) is 29.1 Å². The van der Waals surface area contributed by atoms with Crippen LogP contribution < -0.4 is 22.1 Å². The number of carboxylic acids is 1. The third kappa shape index (κ3) is 4.61. The van der Waals surface area contributed by atoms with Crippen LogP contribution in [0.1, 0.15) is 19.8 Å². The van der Waals surface area contributed by atoms with Crippen LogP contribution in [0, 0.1) is 0 Å². The molecule has 0 saturated heterocycles. The molecule has 0 saturated carbocycles. The van der Waals surface area contributed by atoms with Crippen molar-refractivity contribution in [2.24, 2.45) is 11.5 Å². The van der Waals surface area contributed by atoms with Gasteiger partial charge in [-0.25, -0.2) is 0 Å². The highest BCUT2D eigenvalue weighted by molar-refractivity contribution is 6.22.